The van der Waals surface area contributed by atoms with Crippen LogP contribution in [0.1, 0.15) is 16.8 Å². The first kappa shape index (κ1) is 20.2. The van der Waals surface area contributed by atoms with E-state index >= 15 is 0 Å². The van der Waals surface area contributed by atoms with E-state index in [2.05, 4.69) is 5.32 Å². The lowest BCUT2D eigenvalue weighted by molar-refractivity contribution is 0.102. The highest BCUT2D eigenvalue weighted by Gasteiger charge is 2.26. The molecule has 1 N–H and O–H groups in total. The lowest BCUT2D eigenvalue weighted by Gasteiger charge is -2.14. The minimum atomic E-state index is -3.55. The fourth-order valence-corrected chi connectivity index (χ4v) is 4.77. The fraction of sp³-hybridized carbons (Fsp3) is 0.350. The van der Waals surface area contributed by atoms with Crippen molar-refractivity contribution < 1.29 is 27.4 Å². The Kier molecular flexibility index (Phi) is 6.21. The first-order chi connectivity index (χ1) is 13.4. The summed E-state index contributed by atoms with van der Waals surface area (Å²) in [4.78, 5) is 12.9. The van der Waals surface area contributed by atoms with Crippen LogP contribution in [0.4, 0.5) is 5.69 Å². The van der Waals surface area contributed by atoms with Crippen LogP contribution >= 0.6 is 0 Å². The van der Waals surface area contributed by atoms with E-state index in [1.54, 1.807) is 24.3 Å². The minimum Gasteiger partial charge on any atom is -0.496 e. The van der Waals surface area contributed by atoms with Crippen LogP contribution in [0, 0.1) is 5.92 Å². The number of sulfone groups is 1. The molecule has 1 aliphatic heterocycles. The number of nitrogens with one attached hydrogen (secondary N) is 1. The molecule has 0 aliphatic carbocycles. The van der Waals surface area contributed by atoms with Gasteiger partial charge >= 0.3 is 0 Å². The average molecular weight is 405 g/mol. The van der Waals surface area contributed by atoms with Gasteiger partial charge in [-0.25, -0.2) is 8.42 Å². The van der Waals surface area contributed by atoms with Crippen LogP contribution in [0.15, 0.2) is 47.4 Å². The minimum absolute atomic E-state index is 0.00705. The van der Waals surface area contributed by atoms with E-state index in [4.69, 9.17) is 14.2 Å². The smallest absolute Gasteiger partial charge is 0.259 e. The van der Waals surface area contributed by atoms with Crippen molar-refractivity contribution in [3.63, 3.8) is 0 Å². The molecule has 0 radical (unpaired) electrons. The zero-order valence-corrected chi connectivity index (χ0v) is 16.6. The molecule has 1 aliphatic rings. The maximum absolute atomic E-state index is 12.8. The summed E-state index contributed by atoms with van der Waals surface area (Å²) in [5.74, 6) is 0.267. The molecule has 0 saturated carbocycles. The van der Waals surface area contributed by atoms with E-state index < -0.39 is 15.7 Å². The predicted octanol–water partition coefficient (Wildman–Crippen LogP) is 2.77. The summed E-state index contributed by atoms with van der Waals surface area (Å²) in [6, 6.07) is 11.3. The largest absolute Gasteiger partial charge is 0.496 e. The molecule has 0 aromatic heterocycles. The Morgan fingerprint density at radius 3 is 2.57 bits per heavy atom. The molecule has 150 valence electrons. The Bertz CT molecular complexity index is 951. The van der Waals surface area contributed by atoms with Gasteiger partial charge in [0.25, 0.3) is 5.91 Å². The topological polar surface area (TPSA) is 90.9 Å². The molecule has 0 unspecified atom stereocenters. The lowest BCUT2D eigenvalue weighted by atomic mass is 10.1. The highest BCUT2D eigenvalue weighted by atomic mass is 32.2. The lowest BCUT2D eigenvalue weighted by Crippen LogP contribution is -2.18. The first-order valence-corrected chi connectivity index (χ1v) is 10.5. The zero-order valence-electron chi connectivity index (χ0n) is 15.8. The van der Waals surface area contributed by atoms with E-state index in [1.807, 2.05) is 0 Å². The number of carbonyl (C=O) groups is 1. The fourth-order valence-electron chi connectivity index (χ4n) is 3.12. The van der Waals surface area contributed by atoms with Crippen LogP contribution in [-0.4, -0.2) is 47.5 Å². The molecule has 3 rings (SSSR count). The van der Waals surface area contributed by atoms with Gasteiger partial charge in [0, 0.05) is 6.61 Å². The number of hydrogen-bond acceptors (Lipinski definition) is 6. The third-order valence-corrected chi connectivity index (χ3v) is 6.49. The van der Waals surface area contributed by atoms with Crippen molar-refractivity contribution in [2.45, 2.75) is 11.3 Å². The molecular weight excluding hydrogens is 382 g/mol. The Hall–Kier alpha value is -2.58. The van der Waals surface area contributed by atoms with E-state index in [9.17, 15) is 13.2 Å². The second kappa shape index (κ2) is 8.62. The SMILES string of the molecule is COc1ccccc1NC(=O)c1cc(S(=O)(=O)C[C@H]2CCOC2)ccc1OC. The van der Waals surface area contributed by atoms with Gasteiger partial charge in [-0.1, -0.05) is 12.1 Å². The molecule has 8 heteroatoms. The second-order valence-corrected chi connectivity index (χ2v) is 8.56. The van der Waals surface area contributed by atoms with Gasteiger partial charge in [0.2, 0.25) is 0 Å². The number of benzene rings is 2. The van der Waals surface area contributed by atoms with Crippen LogP contribution in [0.2, 0.25) is 0 Å². The van der Waals surface area contributed by atoms with Gasteiger partial charge in [0.1, 0.15) is 11.5 Å². The van der Waals surface area contributed by atoms with Crippen molar-refractivity contribution in [3.8, 4) is 11.5 Å². The molecule has 1 heterocycles. The van der Waals surface area contributed by atoms with Gasteiger partial charge in [0.05, 0.1) is 42.7 Å². The molecule has 28 heavy (non-hydrogen) atoms. The maximum atomic E-state index is 12.8. The Morgan fingerprint density at radius 2 is 1.89 bits per heavy atom. The maximum Gasteiger partial charge on any atom is 0.259 e. The normalized spacial score (nSPS) is 16.6. The van der Waals surface area contributed by atoms with Crippen molar-refractivity contribution in [2.24, 2.45) is 5.92 Å². The van der Waals surface area contributed by atoms with E-state index in [0.29, 0.717) is 24.7 Å². The van der Waals surface area contributed by atoms with Crippen molar-refractivity contribution >= 4 is 21.4 Å². The Labute approximate surface area is 164 Å². The van der Waals surface area contributed by atoms with Gasteiger partial charge in [-0.2, -0.15) is 0 Å². The van der Waals surface area contributed by atoms with Crippen molar-refractivity contribution in [1.82, 2.24) is 0 Å². The van der Waals surface area contributed by atoms with Gasteiger partial charge in [0.15, 0.2) is 9.84 Å². The molecule has 1 fully saturated rings. The summed E-state index contributed by atoms with van der Waals surface area (Å²) < 4.78 is 41.3. The molecule has 0 spiro atoms. The molecule has 1 atom stereocenters. The Morgan fingerprint density at radius 1 is 1.14 bits per heavy atom. The number of anilines is 1. The number of para-hydroxylation sites is 2. The van der Waals surface area contributed by atoms with E-state index in [0.717, 1.165) is 6.42 Å². The monoisotopic (exact) mass is 405 g/mol. The summed E-state index contributed by atoms with van der Waals surface area (Å²) in [6.07, 6.45) is 0.719. The van der Waals surface area contributed by atoms with Crippen LogP contribution in [0.5, 0.6) is 11.5 Å². The summed E-state index contributed by atoms with van der Waals surface area (Å²) in [5.41, 5.74) is 0.616. The van der Waals surface area contributed by atoms with Crippen LogP contribution in [-0.2, 0) is 14.6 Å². The van der Waals surface area contributed by atoms with Crippen molar-refractivity contribution in [3.05, 3.63) is 48.0 Å². The quantitative estimate of drug-likeness (QED) is 0.762. The van der Waals surface area contributed by atoms with Crippen LogP contribution in [0.3, 0.4) is 0 Å². The van der Waals surface area contributed by atoms with Crippen molar-refractivity contribution in [1.29, 1.82) is 0 Å². The summed E-state index contributed by atoms with van der Waals surface area (Å²) in [6.45, 7) is 1.02. The number of amides is 1. The Balaban J connectivity index is 1.89. The number of carbonyl (C=O) groups excluding carboxylic acids is 1. The number of hydrogen-bond donors (Lipinski definition) is 1. The summed E-state index contributed by atoms with van der Waals surface area (Å²) in [7, 11) is -0.615. The van der Waals surface area contributed by atoms with Crippen molar-refractivity contribution in [2.75, 3.05) is 38.5 Å². The third kappa shape index (κ3) is 4.45. The first-order valence-electron chi connectivity index (χ1n) is 8.87. The van der Waals surface area contributed by atoms with E-state index in [-0.39, 0.29) is 27.9 Å². The predicted molar refractivity (Wildman–Crippen MR) is 105 cm³/mol. The van der Waals surface area contributed by atoms with Crippen LogP contribution in [0.25, 0.3) is 0 Å². The standard InChI is InChI=1S/C20H23NO6S/c1-25-18-8-7-15(28(23,24)13-14-9-10-27-12-14)11-16(18)20(22)21-17-5-3-4-6-19(17)26-2/h3-8,11,14H,9-10,12-13H2,1-2H3,(H,21,22)/t14-/m0/s1. The zero-order chi connectivity index (χ0) is 20.1. The van der Waals surface area contributed by atoms with Gasteiger partial charge in [-0.3, -0.25) is 4.79 Å². The third-order valence-electron chi connectivity index (χ3n) is 4.61. The molecule has 2 aromatic carbocycles. The molecule has 2 aromatic rings. The number of methoxy groups -OCH3 is 2. The molecule has 1 amide bonds. The highest BCUT2D eigenvalue weighted by Crippen LogP contribution is 2.28. The average Bonchev–Trinajstić information content (AvgIpc) is 3.20. The van der Waals surface area contributed by atoms with Gasteiger partial charge in [-0.05, 0) is 42.7 Å². The summed E-state index contributed by atoms with van der Waals surface area (Å²) in [5, 5.41) is 2.75. The molecule has 1 saturated heterocycles. The molecular formula is C20H23NO6S. The second-order valence-electron chi connectivity index (χ2n) is 6.53. The number of rotatable bonds is 7. The van der Waals surface area contributed by atoms with E-state index in [1.165, 1.54) is 32.4 Å². The van der Waals surface area contributed by atoms with Gasteiger partial charge < -0.3 is 19.5 Å². The highest BCUT2D eigenvalue weighted by molar-refractivity contribution is 7.91. The van der Waals surface area contributed by atoms with Gasteiger partial charge in [-0.15, -0.1) is 0 Å². The molecule has 7 nitrogen and oxygen atoms in total. The molecule has 0 bridgehead atoms. The van der Waals surface area contributed by atoms with Crippen LogP contribution < -0.4 is 14.8 Å². The number of ether oxygens (including phenoxy) is 3. The summed E-state index contributed by atoms with van der Waals surface area (Å²) >= 11 is 0.